The van der Waals surface area contributed by atoms with Crippen LogP contribution >= 0.6 is 0 Å². The van der Waals surface area contributed by atoms with Crippen molar-refractivity contribution in [3.8, 4) is 0 Å². The highest BCUT2D eigenvalue weighted by Gasteiger charge is 2.21. The molecular weight excluding hydrogens is 386 g/mol. The van der Waals surface area contributed by atoms with Gasteiger partial charge in [0.05, 0.1) is 11.0 Å². The largest absolute Gasteiger partial charge is 0.312 e. The second-order valence-corrected chi connectivity index (χ2v) is 8.91. The highest BCUT2D eigenvalue weighted by Crippen LogP contribution is 2.45. The Balaban J connectivity index is 1.88. The second kappa shape index (κ2) is 6.58. The van der Waals surface area contributed by atoms with Gasteiger partial charge in [-0.15, -0.1) is 0 Å². The van der Waals surface area contributed by atoms with Crippen LogP contribution in [0.25, 0.3) is 59.8 Å². The fraction of sp³-hybridized carbons (Fsp3) is 0.0968. The van der Waals surface area contributed by atoms with Gasteiger partial charge in [-0.25, -0.2) is 0 Å². The van der Waals surface area contributed by atoms with Crippen molar-refractivity contribution < 1.29 is 0 Å². The normalized spacial score (nSPS) is 14.2. The lowest BCUT2D eigenvalue weighted by atomic mass is 9.91. The van der Waals surface area contributed by atoms with Gasteiger partial charge in [0.15, 0.2) is 0 Å². The lowest BCUT2D eigenvalue weighted by molar-refractivity contribution is 0.980. The first kappa shape index (κ1) is 17.8. The summed E-state index contributed by atoms with van der Waals surface area (Å²) >= 11 is 0. The molecule has 1 aromatic heterocycles. The van der Waals surface area contributed by atoms with Gasteiger partial charge in [0.25, 0.3) is 0 Å². The Morgan fingerprint density at radius 3 is 2.12 bits per heavy atom. The van der Waals surface area contributed by atoms with Gasteiger partial charge in [-0.3, -0.25) is 0 Å². The van der Waals surface area contributed by atoms with Crippen molar-refractivity contribution in [1.29, 1.82) is 0 Å². The van der Waals surface area contributed by atoms with Crippen LogP contribution in [0.4, 0.5) is 0 Å². The maximum absolute atomic E-state index is 2.53. The maximum Gasteiger partial charge on any atom is 0.0622 e. The van der Waals surface area contributed by atoms with Crippen LogP contribution in [-0.4, -0.2) is 4.57 Å². The van der Waals surface area contributed by atoms with Gasteiger partial charge < -0.3 is 4.57 Å². The van der Waals surface area contributed by atoms with Crippen LogP contribution in [-0.2, 0) is 0 Å². The van der Waals surface area contributed by atoms with Crippen LogP contribution in [0.2, 0.25) is 0 Å². The maximum atomic E-state index is 2.53. The van der Waals surface area contributed by atoms with Crippen molar-refractivity contribution in [2.45, 2.75) is 19.8 Å². The SMILES string of the molecule is Cc1cc2c3ccccc3c3c(c4ccccc4n3C3=CC=CCC3)c2c2ccccc12. The number of hydrogen-bond acceptors (Lipinski definition) is 0. The molecule has 0 fully saturated rings. The Labute approximate surface area is 186 Å². The van der Waals surface area contributed by atoms with Crippen molar-refractivity contribution in [1.82, 2.24) is 4.57 Å². The zero-order valence-corrected chi connectivity index (χ0v) is 18.1. The third-order valence-corrected chi connectivity index (χ3v) is 7.13. The minimum atomic E-state index is 1.06. The van der Waals surface area contributed by atoms with E-state index in [1.165, 1.54) is 65.4 Å². The molecule has 32 heavy (non-hydrogen) atoms. The van der Waals surface area contributed by atoms with Crippen LogP contribution in [0.15, 0.2) is 97.1 Å². The predicted octanol–water partition coefficient (Wildman–Crippen LogP) is 8.75. The second-order valence-electron chi connectivity index (χ2n) is 8.91. The highest BCUT2D eigenvalue weighted by molar-refractivity contribution is 6.37. The molecule has 0 bridgehead atoms. The van der Waals surface area contributed by atoms with Crippen molar-refractivity contribution in [2.75, 3.05) is 0 Å². The van der Waals surface area contributed by atoms with E-state index in [-0.39, 0.29) is 0 Å². The van der Waals surface area contributed by atoms with E-state index in [1.54, 1.807) is 0 Å². The standard InChI is InChI=1S/C31H23N/c1-20-19-27-23-14-6-8-16-25(23)31-30(29(27)24-15-7-5-13-22(20)24)26-17-9-10-18-28(26)32(31)21-11-3-2-4-12-21/h2-3,5-11,13-19H,4,12H2,1H3. The van der Waals surface area contributed by atoms with Crippen LogP contribution < -0.4 is 0 Å². The highest BCUT2D eigenvalue weighted by atomic mass is 15.0. The molecule has 0 aliphatic heterocycles. The summed E-state index contributed by atoms with van der Waals surface area (Å²) in [6.07, 6.45) is 8.92. The zero-order chi connectivity index (χ0) is 21.2. The monoisotopic (exact) mass is 409 g/mol. The summed E-state index contributed by atoms with van der Waals surface area (Å²) in [7, 11) is 0. The van der Waals surface area contributed by atoms with Gasteiger partial charge in [0.2, 0.25) is 0 Å². The van der Waals surface area contributed by atoms with Crippen molar-refractivity contribution in [3.63, 3.8) is 0 Å². The van der Waals surface area contributed by atoms with Crippen LogP contribution in [0.3, 0.4) is 0 Å². The number of aromatic nitrogens is 1. The summed E-state index contributed by atoms with van der Waals surface area (Å²) in [6, 6.07) is 29.2. The van der Waals surface area contributed by atoms with E-state index in [9.17, 15) is 0 Å². The average molecular weight is 410 g/mol. The Morgan fingerprint density at radius 1 is 0.656 bits per heavy atom. The van der Waals surface area contributed by atoms with E-state index in [2.05, 4.69) is 109 Å². The number of allylic oxidation sites excluding steroid dienone is 4. The summed E-state index contributed by atoms with van der Waals surface area (Å²) in [5.74, 6) is 0. The quantitative estimate of drug-likeness (QED) is 0.239. The van der Waals surface area contributed by atoms with Crippen LogP contribution in [0.5, 0.6) is 0 Å². The molecule has 0 amide bonds. The van der Waals surface area contributed by atoms with E-state index >= 15 is 0 Å². The number of benzene rings is 5. The molecule has 7 rings (SSSR count). The number of fused-ring (bicyclic) bond motifs is 10. The molecule has 0 saturated carbocycles. The molecule has 0 radical (unpaired) electrons. The van der Waals surface area contributed by atoms with E-state index in [1.807, 2.05) is 0 Å². The Morgan fingerprint density at radius 2 is 1.34 bits per heavy atom. The molecule has 0 atom stereocenters. The van der Waals surface area contributed by atoms with Crippen molar-refractivity contribution in [2.24, 2.45) is 0 Å². The molecule has 1 heterocycles. The molecule has 152 valence electrons. The van der Waals surface area contributed by atoms with Crippen molar-refractivity contribution in [3.05, 3.63) is 103 Å². The number of nitrogens with zero attached hydrogens (tertiary/aromatic N) is 1. The topological polar surface area (TPSA) is 4.93 Å². The van der Waals surface area contributed by atoms with E-state index < -0.39 is 0 Å². The minimum absolute atomic E-state index is 1.06. The number of hydrogen-bond donors (Lipinski definition) is 0. The third-order valence-electron chi connectivity index (χ3n) is 7.13. The molecule has 0 spiro atoms. The fourth-order valence-electron chi connectivity index (χ4n) is 5.79. The lowest BCUT2D eigenvalue weighted by Crippen LogP contribution is -1.99. The molecule has 0 saturated heterocycles. The number of aryl methyl sites for hydroxylation is 1. The molecule has 1 aliphatic carbocycles. The minimum Gasteiger partial charge on any atom is -0.312 e. The van der Waals surface area contributed by atoms with Crippen LogP contribution in [0.1, 0.15) is 18.4 Å². The van der Waals surface area contributed by atoms with Crippen LogP contribution in [0, 0.1) is 6.92 Å². The van der Waals surface area contributed by atoms with Gasteiger partial charge in [-0.05, 0) is 59.0 Å². The number of rotatable bonds is 1. The zero-order valence-electron chi connectivity index (χ0n) is 18.1. The van der Waals surface area contributed by atoms with Gasteiger partial charge in [0.1, 0.15) is 0 Å². The Kier molecular flexibility index (Phi) is 3.66. The summed E-state index contributed by atoms with van der Waals surface area (Å²) in [6.45, 7) is 2.24. The van der Waals surface area contributed by atoms with E-state index in [0.717, 1.165) is 12.8 Å². The summed E-state index contributed by atoms with van der Waals surface area (Å²) in [5.41, 5.74) is 5.34. The van der Waals surface area contributed by atoms with Gasteiger partial charge >= 0.3 is 0 Å². The van der Waals surface area contributed by atoms with E-state index in [0.29, 0.717) is 0 Å². The molecule has 5 aromatic carbocycles. The molecule has 1 heteroatoms. The lowest BCUT2D eigenvalue weighted by Gasteiger charge is -2.17. The van der Waals surface area contributed by atoms with Crippen molar-refractivity contribution >= 4 is 59.8 Å². The smallest absolute Gasteiger partial charge is 0.0622 e. The fourth-order valence-corrected chi connectivity index (χ4v) is 5.79. The molecule has 1 nitrogen and oxygen atoms in total. The van der Waals surface area contributed by atoms with Gasteiger partial charge in [-0.2, -0.15) is 0 Å². The van der Waals surface area contributed by atoms with E-state index in [4.69, 9.17) is 0 Å². The predicted molar refractivity (Wildman–Crippen MR) is 139 cm³/mol. The Hall–Kier alpha value is -3.84. The first-order chi connectivity index (χ1) is 15.8. The number of para-hydroxylation sites is 1. The summed E-state index contributed by atoms with van der Waals surface area (Å²) < 4.78 is 2.53. The van der Waals surface area contributed by atoms with Gasteiger partial charge in [-0.1, -0.05) is 84.9 Å². The molecule has 1 aliphatic rings. The first-order valence-corrected chi connectivity index (χ1v) is 11.4. The molecule has 6 aromatic rings. The summed E-state index contributed by atoms with van der Waals surface area (Å²) in [4.78, 5) is 0. The first-order valence-electron chi connectivity index (χ1n) is 11.4. The third kappa shape index (κ3) is 2.28. The van der Waals surface area contributed by atoms with Gasteiger partial charge in [0, 0.05) is 27.2 Å². The molecule has 0 N–H and O–H groups in total. The molecular formula is C31H23N. The molecule has 0 unspecified atom stereocenters. The summed E-state index contributed by atoms with van der Waals surface area (Å²) in [5, 5.41) is 10.8. The Bertz CT molecular complexity index is 1780. The average Bonchev–Trinajstić information content (AvgIpc) is 3.20.